The molecule has 0 saturated carbocycles. The van der Waals surface area contributed by atoms with E-state index < -0.39 is 31.3 Å². The van der Waals surface area contributed by atoms with Gasteiger partial charge < -0.3 is 4.52 Å². The molecule has 21 heavy (non-hydrogen) atoms. The third kappa shape index (κ3) is 2.97. The van der Waals surface area contributed by atoms with Crippen molar-refractivity contribution >= 4 is 21.7 Å². The second-order valence-electron chi connectivity index (χ2n) is 4.08. The van der Waals surface area contributed by atoms with E-state index in [4.69, 9.17) is 0 Å². The van der Waals surface area contributed by atoms with E-state index in [1.54, 1.807) is 0 Å². The van der Waals surface area contributed by atoms with Crippen molar-refractivity contribution in [3.8, 4) is 0 Å². The second kappa shape index (κ2) is 5.09. The molecule has 0 fully saturated rings. The minimum atomic E-state index is -4.22. The Hall–Kier alpha value is -2.56. The average molecular weight is 316 g/mol. The van der Waals surface area contributed by atoms with Crippen molar-refractivity contribution < 1.29 is 22.3 Å². The predicted molar refractivity (Wildman–Crippen MR) is 67.6 cm³/mol. The fourth-order valence-electron chi connectivity index (χ4n) is 1.58. The van der Waals surface area contributed by atoms with Crippen molar-refractivity contribution in [3.05, 3.63) is 39.5 Å². The lowest BCUT2D eigenvalue weighted by atomic mass is 10.2. The topological polar surface area (TPSA) is 128 Å². The maximum Gasteiger partial charge on any atom is 0.335 e. The molecule has 1 aromatic carbocycles. The summed E-state index contributed by atoms with van der Waals surface area (Å²) >= 11 is 0. The van der Waals surface area contributed by atoms with Gasteiger partial charge in [-0.05, 0) is 25.5 Å². The highest BCUT2D eigenvalue weighted by atomic mass is 32.2. The summed E-state index contributed by atoms with van der Waals surface area (Å²) in [5.74, 6) is -0.917. The summed E-state index contributed by atoms with van der Waals surface area (Å²) in [5, 5.41) is 14.1. The van der Waals surface area contributed by atoms with Crippen LogP contribution < -0.4 is 4.72 Å². The van der Waals surface area contributed by atoms with Crippen LogP contribution in [0.1, 0.15) is 11.4 Å². The Morgan fingerprint density at radius 1 is 1.38 bits per heavy atom. The summed E-state index contributed by atoms with van der Waals surface area (Å²) in [4.78, 5) is 12.9. The molecule has 0 unspecified atom stereocenters. The van der Waals surface area contributed by atoms with Crippen LogP contribution in [0.25, 0.3) is 0 Å². The first-order chi connectivity index (χ1) is 9.70. The van der Waals surface area contributed by atoms with E-state index in [1.807, 2.05) is 4.72 Å². The Morgan fingerprint density at radius 2 is 2.05 bits per heavy atom. The van der Waals surface area contributed by atoms with Crippen molar-refractivity contribution in [1.29, 1.82) is 0 Å². The number of aryl methyl sites for hydroxylation is 2. The molecule has 0 amide bonds. The van der Waals surface area contributed by atoms with E-state index >= 15 is 0 Å². The quantitative estimate of drug-likeness (QED) is 0.669. The van der Waals surface area contributed by atoms with E-state index in [2.05, 4.69) is 14.7 Å². The highest BCUT2D eigenvalue weighted by Gasteiger charge is 2.25. The van der Waals surface area contributed by atoms with Crippen LogP contribution in [0.4, 0.5) is 16.1 Å². The maximum absolute atomic E-state index is 13.4. The van der Waals surface area contributed by atoms with E-state index in [-0.39, 0.29) is 17.4 Å². The minimum absolute atomic E-state index is 0.00170. The van der Waals surface area contributed by atoms with Crippen LogP contribution in [0.15, 0.2) is 21.6 Å². The Kier molecular flexibility index (Phi) is 3.60. The minimum Gasteiger partial charge on any atom is -0.314 e. The molecule has 1 heterocycles. The lowest BCUT2D eigenvalue weighted by Crippen LogP contribution is -2.15. The zero-order valence-corrected chi connectivity index (χ0v) is 11.6. The molecule has 0 aliphatic rings. The molecule has 2 rings (SSSR count). The maximum atomic E-state index is 13.4. The Morgan fingerprint density at radius 3 is 2.57 bits per heavy atom. The number of benzene rings is 1. The standard InChI is InChI=1S/C10H9FN4O5S/c1-5-3-7(11)8(15(16)17)4-9(5)21(18,19)14-10-12-6(2)13-20-10/h3-4H,1-2H3,(H,12,13,14). The largest absolute Gasteiger partial charge is 0.335 e. The number of halogens is 1. The number of nitrogens with zero attached hydrogens (tertiary/aromatic N) is 3. The average Bonchev–Trinajstić information content (AvgIpc) is 2.72. The molecule has 0 spiro atoms. The number of hydrogen-bond acceptors (Lipinski definition) is 7. The summed E-state index contributed by atoms with van der Waals surface area (Å²) in [5.41, 5.74) is -0.940. The third-order valence-corrected chi connectivity index (χ3v) is 3.94. The van der Waals surface area contributed by atoms with E-state index in [0.717, 1.165) is 6.07 Å². The molecule has 11 heteroatoms. The summed E-state index contributed by atoms with van der Waals surface area (Å²) in [7, 11) is -4.22. The van der Waals surface area contributed by atoms with E-state index in [9.17, 15) is 22.9 Å². The van der Waals surface area contributed by atoms with E-state index in [1.165, 1.54) is 13.8 Å². The monoisotopic (exact) mass is 316 g/mol. The number of rotatable bonds is 4. The first-order valence-corrected chi connectivity index (χ1v) is 6.96. The van der Waals surface area contributed by atoms with Crippen LogP contribution in [-0.2, 0) is 10.0 Å². The van der Waals surface area contributed by atoms with Crippen LogP contribution >= 0.6 is 0 Å². The highest BCUT2D eigenvalue weighted by Crippen LogP contribution is 2.26. The van der Waals surface area contributed by atoms with Gasteiger partial charge in [-0.3, -0.25) is 10.1 Å². The van der Waals surface area contributed by atoms with Gasteiger partial charge in [0.05, 0.1) is 9.82 Å². The Bertz CT molecular complexity index is 817. The molecular formula is C10H9FN4O5S. The first kappa shape index (κ1) is 14.8. The van der Waals surface area contributed by atoms with Gasteiger partial charge in [0.1, 0.15) is 0 Å². The molecule has 9 nitrogen and oxygen atoms in total. The third-order valence-electron chi connectivity index (χ3n) is 2.48. The molecule has 0 atom stereocenters. The molecule has 112 valence electrons. The molecule has 0 bridgehead atoms. The van der Waals surface area contributed by atoms with Gasteiger partial charge in [-0.25, -0.2) is 13.1 Å². The number of hydrogen-bond donors (Lipinski definition) is 1. The molecule has 2 aromatic rings. The number of anilines is 1. The van der Waals surface area contributed by atoms with Crippen molar-refractivity contribution in [2.75, 3.05) is 4.72 Å². The molecule has 0 aliphatic heterocycles. The summed E-state index contributed by atoms with van der Waals surface area (Å²) < 4.78 is 44.2. The van der Waals surface area contributed by atoms with Crippen LogP contribution in [0, 0.1) is 29.8 Å². The second-order valence-corrected chi connectivity index (χ2v) is 5.73. The van der Waals surface area contributed by atoms with Gasteiger partial charge in [0.2, 0.25) is 5.82 Å². The van der Waals surface area contributed by atoms with E-state index in [0.29, 0.717) is 6.07 Å². The van der Waals surface area contributed by atoms with Crippen molar-refractivity contribution in [1.82, 2.24) is 10.1 Å². The molecule has 0 radical (unpaired) electrons. The zero-order chi connectivity index (χ0) is 15.8. The van der Waals surface area contributed by atoms with Crippen LogP contribution in [0.5, 0.6) is 0 Å². The van der Waals surface area contributed by atoms with Gasteiger partial charge in [-0.2, -0.15) is 9.37 Å². The Labute approximate surface area is 118 Å². The first-order valence-electron chi connectivity index (χ1n) is 5.48. The number of sulfonamides is 1. The van der Waals surface area contributed by atoms with Gasteiger partial charge in [-0.1, -0.05) is 5.16 Å². The number of nitrogens with one attached hydrogen (secondary N) is 1. The van der Waals surface area contributed by atoms with Crippen molar-refractivity contribution in [2.24, 2.45) is 0 Å². The lowest BCUT2D eigenvalue weighted by molar-refractivity contribution is -0.387. The summed E-state index contributed by atoms with van der Waals surface area (Å²) in [6.45, 7) is 2.79. The van der Waals surface area contributed by atoms with Gasteiger partial charge in [-0.15, -0.1) is 0 Å². The van der Waals surface area contributed by atoms with Crippen LogP contribution in [0.3, 0.4) is 0 Å². The van der Waals surface area contributed by atoms with Gasteiger partial charge in [0.15, 0.2) is 5.82 Å². The molecule has 0 aliphatic carbocycles. The highest BCUT2D eigenvalue weighted by molar-refractivity contribution is 7.92. The number of nitro benzene ring substituents is 1. The van der Waals surface area contributed by atoms with Gasteiger partial charge >= 0.3 is 11.7 Å². The predicted octanol–water partition coefficient (Wildman–Crippen LogP) is 1.53. The molecule has 1 aromatic heterocycles. The summed E-state index contributed by atoms with van der Waals surface area (Å²) in [6, 6.07) is 1.01. The normalized spacial score (nSPS) is 11.4. The molecule has 0 saturated heterocycles. The van der Waals surface area contributed by atoms with Crippen molar-refractivity contribution in [2.45, 2.75) is 18.7 Å². The fourth-order valence-corrected chi connectivity index (χ4v) is 2.75. The van der Waals surface area contributed by atoms with Crippen LogP contribution in [-0.4, -0.2) is 23.5 Å². The Balaban J connectivity index is 2.49. The lowest BCUT2D eigenvalue weighted by Gasteiger charge is -2.07. The van der Waals surface area contributed by atoms with Crippen molar-refractivity contribution in [3.63, 3.8) is 0 Å². The number of aromatic nitrogens is 2. The van der Waals surface area contributed by atoms with Gasteiger partial charge in [0, 0.05) is 6.07 Å². The zero-order valence-electron chi connectivity index (χ0n) is 10.8. The van der Waals surface area contributed by atoms with Gasteiger partial charge in [0.25, 0.3) is 10.0 Å². The molecule has 1 N–H and O–H groups in total. The summed E-state index contributed by atoms with van der Waals surface area (Å²) in [6.07, 6.45) is 0. The SMILES string of the molecule is Cc1noc(NS(=O)(=O)c2cc([N+](=O)[O-])c(F)cc2C)n1. The molecular weight excluding hydrogens is 307 g/mol. The number of nitro groups is 1. The smallest absolute Gasteiger partial charge is 0.314 e. The van der Waals surface area contributed by atoms with Crippen LogP contribution in [0.2, 0.25) is 0 Å². The fraction of sp³-hybridized carbons (Fsp3) is 0.200.